The van der Waals surface area contributed by atoms with Crippen LogP contribution in [0.5, 0.6) is 0 Å². The molecule has 0 bridgehead atoms. The summed E-state index contributed by atoms with van der Waals surface area (Å²) in [6.45, 7) is 1.80. The van der Waals surface area contributed by atoms with E-state index in [1.807, 2.05) is 12.1 Å². The van der Waals surface area contributed by atoms with E-state index in [1.54, 1.807) is 19.1 Å². The number of aryl methyl sites for hydroxylation is 1. The van der Waals surface area contributed by atoms with Gasteiger partial charge in [-0.2, -0.15) is 0 Å². The lowest BCUT2D eigenvalue weighted by Gasteiger charge is -2.35. The Morgan fingerprint density at radius 2 is 2.11 bits per heavy atom. The molecule has 0 saturated carbocycles. The van der Waals surface area contributed by atoms with Gasteiger partial charge in [-0.05, 0) is 31.4 Å². The van der Waals surface area contributed by atoms with Crippen molar-refractivity contribution in [2.45, 2.75) is 25.8 Å². The first-order chi connectivity index (χ1) is 8.42. The van der Waals surface area contributed by atoms with Crippen molar-refractivity contribution in [1.82, 2.24) is 0 Å². The standard InChI is InChI=1S/C12H15NO4S/c1-9-6-7-10-4-2-3-5-11(10)13(9)18(16,17)8-12(14)15/h2-5,9H,6-8H2,1H3,(H,14,15). The molecule has 1 unspecified atom stereocenters. The van der Waals surface area contributed by atoms with E-state index < -0.39 is 21.7 Å². The molecule has 1 N–H and O–H groups in total. The van der Waals surface area contributed by atoms with Gasteiger partial charge in [-0.1, -0.05) is 18.2 Å². The molecule has 98 valence electrons. The predicted octanol–water partition coefficient (Wildman–Crippen LogP) is 1.24. The van der Waals surface area contributed by atoms with E-state index in [2.05, 4.69) is 0 Å². The normalized spacial score (nSPS) is 19.4. The highest BCUT2D eigenvalue weighted by Crippen LogP contribution is 2.32. The molecule has 1 atom stereocenters. The van der Waals surface area contributed by atoms with Crippen LogP contribution in [-0.2, 0) is 21.2 Å². The van der Waals surface area contributed by atoms with Crippen LogP contribution in [0.2, 0.25) is 0 Å². The Balaban J connectivity index is 2.47. The summed E-state index contributed by atoms with van der Waals surface area (Å²) in [6, 6.07) is 7.02. The highest BCUT2D eigenvalue weighted by atomic mass is 32.2. The Kier molecular flexibility index (Phi) is 3.30. The highest BCUT2D eigenvalue weighted by molar-refractivity contribution is 7.93. The van der Waals surface area contributed by atoms with Crippen LogP contribution >= 0.6 is 0 Å². The van der Waals surface area contributed by atoms with E-state index in [4.69, 9.17) is 5.11 Å². The lowest BCUT2D eigenvalue weighted by molar-refractivity contribution is -0.134. The van der Waals surface area contributed by atoms with Crippen LogP contribution in [0.25, 0.3) is 0 Å². The quantitative estimate of drug-likeness (QED) is 0.896. The summed E-state index contributed by atoms with van der Waals surface area (Å²) < 4.78 is 25.5. The maximum atomic E-state index is 12.1. The van der Waals surface area contributed by atoms with Gasteiger partial charge in [-0.15, -0.1) is 0 Å². The SMILES string of the molecule is CC1CCc2ccccc2N1S(=O)(=O)CC(=O)O. The number of hydrogen-bond acceptors (Lipinski definition) is 3. The van der Waals surface area contributed by atoms with Crippen molar-refractivity contribution in [3.63, 3.8) is 0 Å². The van der Waals surface area contributed by atoms with Crippen LogP contribution in [0.1, 0.15) is 18.9 Å². The van der Waals surface area contributed by atoms with Gasteiger partial charge >= 0.3 is 5.97 Å². The van der Waals surface area contributed by atoms with Crippen LogP contribution < -0.4 is 4.31 Å². The molecule has 0 saturated heterocycles. The second-order valence-corrected chi connectivity index (χ2v) is 6.31. The molecule has 0 aliphatic carbocycles. The molecular formula is C12H15NO4S. The van der Waals surface area contributed by atoms with Gasteiger partial charge in [0.2, 0.25) is 10.0 Å². The Morgan fingerprint density at radius 3 is 2.78 bits per heavy atom. The van der Waals surface area contributed by atoms with Gasteiger partial charge in [0.1, 0.15) is 0 Å². The fraction of sp³-hybridized carbons (Fsp3) is 0.417. The molecule has 0 amide bonds. The lowest BCUT2D eigenvalue weighted by Crippen LogP contribution is -2.44. The summed E-state index contributed by atoms with van der Waals surface area (Å²) in [5.41, 5.74) is 1.56. The summed E-state index contributed by atoms with van der Waals surface area (Å²) in [5.74, 6) is -2.20. The first-order valence-electron chi connectivity index (χ1n) is 5.73. The van der Waals surface area contributed by atoms with Crippen molar-refractivity contribution in [3.05, 3.63) is 29.8 Å². The van der Waals surface area contributed by atoms with Crippen molar-refractivity contribution < 1.29 is 18.3 Å². The van der Waals surface area contributed by atoms with E-state index in [-0.39, 0.29) is 6.04 Å². The number of nitrogens with zero attached hydrogens (tertiary/aromatic N) is 1. The van der Waals surface area contributed by atoms with Crippen molar-refractivity contribution in [2.75, 3.05) is 10.1 Å². The maximum Gasteiger partial charge on any atom is 0.320 e. The number of fused-ring (bicyclic) bond motifs is 1. The summed E-state index contributed by atoms with van der Waals surface area (Å²) >= 11 is 0. The van der Waals surface area contributed by atoms with Gasteiger partial charge in [-0.3, -0.25) is 9.10 Å². The minimum Gasteiger partial charge on any atom is -0.480 e. The number of carboxylic acids is 1. The van der Waals surface area contributed by atoms with Gasteiger partial charge in [0.25, 0.3) is 0 Å². The maximum absolute atomic E-state index is 12.1. The summed E-state index contributed by atoms with van der Waals surface area (Å²) in [7, 11) is -3.81. The van der Waals surface area contributed by atoms with E-state index >= 15 is 0 Å². The largest absolute Gasteiger partial charge is 0.480 e. The number of rotatable bonds is 3. The molecule has 0 radical (unpaired) electrons. The molecule has 1 aliphatic heterocycles. The van der Waals surface area contributed by atoms with E-state index in [1.165, 1.54) is 4.31 Å². The Bertz CT molecular complexity index is 567. The number of anilines is 1. The molecule has 18 heavy (non-hydrogen) atoms. The Labute approximate surface area is 106 Å². The predicted molar refractivity (Wildman–Crippen MR) is 68.1 cm³/mol. The Hall–Kier alpha value is -1.56. The van der Waals surface area contributed by atoms with Crippen LogP contribution in [-0.4, -0.2) is 31.3 Å². The monoisotopic (exact) mass is 269 g/mol. The zero-order valence-electron chi connectivity index (χ0n) is 10.0. The summed E-state index contributed by atoms with van der Waals surface area (Å²) in [6.07, 6.45) is 1.52. The van der Waals surface area contributed by atoms with Crippen LogP contribution in [0.15, 0.2) is 24.3 Å². The molecule has 0 spiro atoms. The van der Waals surface area contributed by atoms with E-state index in [0.29, 0.717) is 12.1 Å². The molecule has 1 heterocycles. The number of benzene rings is 1. The van der Waals surface area contributed by atoms with Crippen LogP contribution in [0.3, 0.4) is 0 Å². The third kappa shape index (κ3) is 2.33. The molecule has 2 rings (SSSR count). The summed E-state index contributed by atoms with van der Waals surface area (Å²) in [5, 5.41) is 8.71. The number of carboxylic acid groups (broad SMARTS) is 1. The number of para-hydroxylation sites is 1. The highest BCUT2D eigenvalue weighted by Gasteiger charge is 2.33. The summed E-state index contributed by atoms with van der Waals surface area (Å²) in [4.78, 5) is 10.7. The minimum atomic E-state index is -3.81. The number of carbonyl (C=O) groups is 1. The lowest BCUT2D eigenvalue weighted by atomic mass is 9.99. The van der Waals surface area contributed by atoms with Gasteiger partial charge in [0.05, 0.1) is 5.69 Å². The van der Waals surface area contributed by atoms with Crippen LogP contribution in [0, 0.1) is 0 Å². The van der Waals surface area contributed by atoms with Crippen molar-refractivity contribution >= 4 is 21.7 Å². The molecular weight excluding hydrogens is 254 g/mol. The van der Waals surface area contributed by atoms with E-state index in [9.17, 15) is 13.2 Å². The minimum absolute atomic E-state index is 0.204. The van der Waals surface area contributed by atoms with Gasteiger partial charge in [0.15, 0.2) is 5.75 Å². The molecule has 1 aromatic carbocycles. The topological polar surface area (TPSA) is 74.7 Å². The number of sulfonamides is 1. The second kappa shape index (κ2) is 4.61. The fourth-order valence-electron chi connectivity index (χ4n) is 2.31. The molecule has 1 aliphatic rings. The average molecular weight is 269 g/mol. The van der Waals surface area contributed by atoms with E-state index in [0.717, 1.165) is 12.0 Å². The molecule has 5 nitrogen and oxygen atoms in total. The third-order valence-electron chi connectivity index (χ3n) is 3.07. The second-order valence-electron chi connectivity index (χ2n) is 4.46. The third-order valence-corrected chi connectivity index (χ3v) is 4.83. The molecule has 6 heteroatoms. The van der Waals surface area contributed by atoms with Gasteiger partial charge in [-0.25, -0.2) is 8.42 Å². The molecule has 0 aromatic heterocycles. The fourth-order valence-corrected chi connectivity index (χ4v) is 3.89. The Morgan fingerprint density at radius 1 is 1.44 bits per heavy atom. The first-order valence-corrected chi connectivity index (χ1v) is 7.34. The van der Waals surface area contributed by atoms with Gasteiger partial charge in [0, 0.05) is 6.04 Å². The average Bonchev–Trinajstić information content (AvgIpc) is 2.26. The molecule has 0 fully saturated rings. The molecule has 1 aromatic rings. The smallest absolute Gasteiger partial charge is 0.320 e. The zero-order valence-corrected chi connectivity index (χ0v) is 10.9. The van der Waals surface area contributed by atoms with Crippen LogP contribution in [0.4, 0.5) is 5.69 Å². The number of aliphatic carboxylic acids is 1. The first kappa shape index (κ1) is 12.9. The van der Waals surface area contributed by atoms with Gasteiger partial charge < -0.3 is 5.11 Å². The number of hydrogen-bond donors (Lipinski definition) is 1. The van der Waals surface area contributed by atoms with Crippen molar-refractivity contribution in [3.8, 4) is 0 Å². The van der Waals surface area contributed by atoms with Crippen molar-refractivity contribution in [2.24, 2.45) is 0 Å². The van der Waals surface area contributed by atoms with Crippen molar-refractivity contribution in [1.29, 1.82) is 0 Å². The zero-order chi connectivity index (χ0) is 13.3.